The van der Waals surface area contributed by atoms with Crippen molar-refractivity contribution in [3.05, 3.63) is 65.7 Å². The van der Waals surface area contributed by atoms with Gasteiger partial charge < -0.3 is 5.11 Å². The van der Waals surface area contributed by atoms with Gasteiger partial charge in [0.05, 0.1) is 5.54 Å². The first-order valence-electron chi connectivity index (χ1n) is 9.39. The molecular weight excluding hydrogens is 306 g/mol. The summed E-state index contributed by atoms with van der Waals surface area (Å²) in [7, 11) is 0. The Morgan fingerprint density at radius 1 is 0.880 bits per heavy atom. The monoisotopic (exact) mass is 327 g/mol. The summed E-state index contributed by atoms with van der Waals surface area (Å²) in [6, 6.07) is 19.3. The quantitative estimate of drug-likeness (QED) is 0.636. The third kappa shape index (κ3) is 1.59. The lowest BCUT2D eigenvalue weighted by atomic mass is 9.69. The van der Waals surface area contributed by atoms with Gasteiger partial charge in [0.1, 0.15) is 5.75 Å². The first kappa shape index (κ1) is 13.9. The fourth-order valence-corrected chi connectivity index (χ4v) is 5.81. The largest absolute Gasteiger partial charge is 0.507 e. The van der Waals surface area contributed by atoms with E-state index in [2.05, 4.69) is 47.4 Å². The van der Waals surface area contributed by atoms with Crippen molar-refractivity contribution in [2.24, 2.45) is 5.92 Å². The molecular formula is C23H21NO. The summed E-state index contributed by atoms with van der Waals surface area (Å²) in [5, 5.41) is 12.9. The molecule has 1 aliphatic carbocycles. The van der Waals surface area contributed by atoms with Gasteiger partial charge in [-0.2, -0.15) is 0 Å². The number of benzene rings is 3. The Bertz CT molecular complexity index is 1020. The maximum atomic E-state index is 10.8. The van der Waals surface area contributed by atoms with Crippen LogP contribution in [-0.2, 0) is 5.54 Å². The zero-order valence-electron chi connectivity index (χ0n) is 14.2. The molecule has 3 saturated heterocycles. The second-order valence-corrected chi connectivity index (χ2v) is 7.90. The molecule has 1 unspecified atom stereocenters. The summed E-state index contributed by atoms with van der Waals surface area (Å²) >= 11 is 0. The molecule has 124 valence electrons. The van der Waals surface area contributed by atoms with Gasteiger partial charge in [0.2, 0.25) is 0 Å². The number of hydrogen-bond donors (Lipinski definition) is 1. The first-order chi connectivity index (χ1) is 12.3. The molecule has 2 nitrogen and oxygen atoms in total. The highest BCUT2D eigenvalue weighted by molar-refractivity contribution is 6.05. The number of hydrogen-bond acceptors (Lipinski definition) is 2. The highest BCUT2D eigenvalue weighted by Crippen LogP contribution is 2.60. The van der Waals surface area contributed by atoms with Crippen molar-refractivity contribution in [1.29, 1.82) is 0 Å². The Morgan fingerprint density at radius 3 is 2.36 bits per heavy atom. The molecule has 1 N–H and O–H groups in total. The smallest absolute Gasteiger partial charge is 0.123 e. The fourth-order valence-electron chi connectivity index (χ4n) is 5.81. The van der Waals surface area contributed by atoms with E-state index in [0.717, 1.165) is 11.3 Å². The minimum atomic E-state index is -0.0331. The molecule has 0 amide bonds. The maximum absolute atomic E-state index is 10.8. The minimum absolute atomic E-state index is 0.0331. The molecule has 0 saturated carbocycles. The third-order valence-electron chi connectivity index (χ3n) is 6.85. The molecule has 3 fully saturated rings. The van der Waals surface area contributed by atoms with Crippen molar-refractivity contribution in [3.63, 3.8) is 0 Å². The summed E-state index contributed by atoms with van der Waals surface area (Å²) in [5.41, 5.74) is 5.45. The van der Waals surface area contributed by atoms with Crippen LogP contribution >= 0.6 is 0 Å². The lowest BCUT2D eigenvalue weighted by Gasteiger charge is -2.54. The second-order valence-electron chi connectivity index (χ2n) is 7.90. The average molecular weight is 327 g/mol. The molecule has 25 heavy (non-hydrogen) atoms. The molecule has 1 spiro atoms. The van der Waals surface area contributed by atoms with E-state index in [1.165, 1.54) is 60.0 Å². The summed E-state index contributed by atoms with van der Waals surface area (Å²) in [6.07, 6.45) is 3.83. The van der Waals surface area contributed by atoms with Crippen molar-refractivity contribution in [2.45, 2.75) is 24.8 Å². The van der Waals surface area contributed by atoms with E-state index in [1.54, 1.807) is 0 Å². The van der Waals surface area contributed by atoms with Crippen LogP contribution in [0.4, 0.5) is 0 Å². The van der Waals surface area contributed by atoms with Crippen LogP contribution in [0.3, 0.4) is 0 Å². The molecule has 7 rings (SSSR count). The van der Waals surface area contributed by atoms with Gasteiger partial charge in [0.15, 0.2) is 0 Å². The van der Waals surface area contributed by atoms with Gasteiger partial charge in [-0.25, -0.2) is 0 Å². The topological polar surface area (TPSA) is 23.5 Å². The van der Waals surface area contributed by atoms with Crippen LogP contribution in [0.5, 0.6) is 5.75 Å². The molecule has 3 aromatic carbocycles. The highest BCUT2D eigenvalue weighted by atomic mass is 16.3. The zero-order valence-corrected chi connectivity index (χ0v) is 14.2. The number of rotatable bonds is 0. The Hall–Kier alpha value is -2.32. The van der Waals surface area contributed by atoms with E-state index in [9.17, 15) is 5.11 Å². The number of nitrogens with zero attached hydrogens (tertiary/aromatic N) is 1. The van der Waals surface area contributed by atoms with Crippen LogP contribution in [0.25, 0.3) is 21.9 Å². The number of fused-ring (bicyclic) bond motifs is 7. The standard InChI is InChI=1S/C23H21NO/c25-21-13-20-22(17-6-2-1-5-16(17)21)18-7-3-4-8-19(18)23(20)14-15-9-11-24(23)12-10-15/h1-8,13,15,25H,9-12,14H2. The van der Waals surface area contributed by atoms with Gasteiger partial charge in [-0.15, -0.1) is 0 Å². The Morgan fingerprint density at radius 2 is 1.60 bits per heavy atom. The van der Waals surface area contributed by atoms with Crippen LogP contribution in [0.1, 0.15) is 30.4 Å². The summed E-state index contributed by atoms with van der Waals surface area (Å²) in [5.74, 6) is 1.22. The van der Waals surface area contributed by atoms with Gasteiger partial charge in [-0.3, -0.25) is 4.90 Å². The lowest BCUT2D eigenvalue weighted by Crippen LogP contribution is -2.56. The van der Waals surface area contributed by atoms with E-state index >= 15 is 0 Å². The SMILES string of the molecule is Oc1cc2c(c3ccccc13)-c1ccccc1C21CC2CCN1CC2. The summed E-state index contributed by atoms with van der Waals surface area (Å²) in [4.78, 5) is 2.69. The maximum Gasteiger partial charge on any atom is 0.123 e. The molecule has 0 radical (unpaired) electrons. The van der Waals surface area contributed by atoms with Gasteiger partial charge in [-0.1, -0.05) is 48.5 Å². The van der Waals surface area contributed by atoms with E-state index in [-0.39, 0.29) is 5.54 Å². The highest BCUT2D eigenvalue weighted by Gasteiger charge is 2.53. The number of aromatic hydroxyl groups is 1. The van der Waals surface area contributed by atoms with Crippen molar-refractivity contribution in [2.75, 3.05) is 13.1 Å². The second kappa shape index (κ2) is 4.64. The normalized spacial score (nSPS) is 29.1. The minimum Gasteiger partial charge on any atom is -0.507 e. The van der Waals surface area contributed by atoms with Gasteiger partial charge in [0.25, 0.3) is 0 Å². The van der Waals surface area contributed by atoms with Crippen LogP contribution in [0.2, 0.25) is 0 Å². The Balaban J connectivity index is 1.77. The molecule has 0 aromatic heterocycles. The molecule has 3 heterocycles. The van der Waals surface area contributed by atoms with Crippen molar-refractivity contribution < 1.29 is 5.11 Å². The number of phenols is 1. The summed E-state index contributed by atoms with van der Waals surface area (Å²) < 4.78 is 0. The predicted molar refractivity (Wildman–Crippen MR) is 101 cm³/mol. The van der Waals surface area contributed by atoms with E-state index in [1.807, 2.05) is 12.1 Å². The molecule has 2 bridgehead atoms. The van der Waals surface area contributed by atoms with Gasteiger partial charge >= 0.3 is 0 Å². The molecule has 3 aliphatic heterocycles. The van der Waals surface area contributed by atoms with E-state index in [4.69, 9.17) is 0 Å². The van der Waals surface area contributed by atoms with Gasteiger partial charge in [-0.05, 0) is 72.0 Å². The fraction of sp³-hybridized carbons (Fsp3) is 0.304. The van der Waals surface area contributed by atoms with Crippen molar-refractivity contribution >= 4 is 10.8 Å². The molecule has 4 aliphatic rings. The average Bonchev–Trinajstić information content (AvgIpc) is 2.93. The number of phenolic OH excluding ortho intramolecular Hbond substituents is 1. The predicted octanol–water partition coefficient (Wildman–Crippen LogP) is 4.89. The van der Waals surface area contributed by atoms with E-state index < -0.39 is 0 Å². The van der Waals surface area contributed by atoms with Crippen LogP contribution in [-0.4, -0.2) is 23.1 Å². The van der Waals surface area contributed by atoms with Crippen molar-refractivity contribution in [3.8, 4) is 16.9 Å². The van der Waals surface area contributed by atoms with Crippen molar-refractivity contribution in [1.82, 2.24) is 4.90 Å². The van der Waals surface area contributed by atoms with Crippen LogP contribution in [0.15, 0.2) is 54.6 Å². The van der Waals surface area contributed by atoms with E-state index in [0.29, 0.717) is 5.75 Å². The first-order valence-corrected chi connectivity index (χ1v) is 9.39. The zero-order chi connectivity index (χ0) is 16.6. The Labute approximate surface area is 147 Å². The van der Waals surface area contributed by atoms with Gasteiger partial charge in [0, 0.05) is 5.39 Å². The van der Waals surface area contributed by atoms with Crippen LogP contribution in [0, 0.1) is 5.92 Å². The third-order valence-corrected chi connectivity index (χ3v) is 6.85. The lowest BCUT2D eigenvalue weighted by molar-refractivity contribution is -0.00425. The summed E-state index contributed by atoms with van der Waals surface area (Å²) in [6.45, 7) is 2.35. The van der Waals surface area contributed by atoms with Crippen LogP contribution < -0.4 is 0 Å². The molecule has 1 atom stereocenters. The molecule has 3 aromatic rings. The number of piperidine rings is 3. The molecule has 2 heteroatoms. The Kier molecular flexibility index (Phi) is 2.58.